The van der Waals surface area contributed by atoms with Crippen LogP contribution in [0.4, 0.5) is 0 Å². The minimum Gasteiger partial charge on any atom is -0.316 e. The van der Waals surface area contributed by atoms with E-state index in [4.69, 9.17) is 11.6 Å². The van der Waals surface area contributed by atoms with E-state index in [1.807, 2.05) is 12.1 Å². The van der Waals surface area contributed by atoms with Crippen LogP contribution in [0.15, 0.2) is 22.7 Å². The summed E-state index contributed by atoms with van der Waals surface area (Å²) in [6.45, 7) is 6.15. The van der Waals surface area contributed by atoms with Gasteiger partial charge in [-0.05, 0) is 31.3 Å². The van der Waals surface area contributed by atoms with Crippen LogP contribution in [0.1, 0.15) is 12.5 Å². The zero-order valence-corrected chi connectivity index (χ0v) is 12.1. The molecule has 0 aliphatic carbocycles. The van der Waals surface area contributed by atoms with Crippen molar-refractivity contribution in [2.24, 2.45) is 0 Å². The van der Waals surface area contributed by atoms with Gasteiger partial charge in [-0.3, -0.25) is 0 Å². The molecule has 0 atom stereocenters. The van der Waals surface area contributed by atoms with Gasteiger partial charge in [0.05, 0.1) is 0 Å². The Hall–Kier alpha value is -0.0900. The second-order valence-electron chi connectivity index (χ2n) is 3.83. The van der Waals surface area contributed by atoms with Crippen LogP contribution in [0.25, 0.3) is 0 Å². The number of benzene rings is 1. The highest BCUT2D eigenvalue weighted by Crippen LogP contribution is 2.22. The number of hydrogen-bond donors (Lipinski definition) is 1. The maximum atomic E-state index is 5.90. The highest BCUT2D eigenvalue weighted by Gasteiger charge is 2.04. The van der Waals surface area contributed by atoms with Crippen molar-refractivity contribution in [1.29, 1.82) is 0 Å². The number of likely N-dealkylation sites (N-methyl/N-ethyl adjacent to an activating group) is 2. The SMILES string of the molecule is CCNCCN(C)Cc1ccc(Cl)cc1Br. The van der Waals surface area contributed by atoms with Crippen LogP contribution < -0.4 is 5.32 Å². The lowest BCUT2D eigenvalue weighted by molar-refractivity contribution is 0.325. The van der Waals surface area contributed by atoms with E-state index in [0.29, 0.717) is 0 Å². The van der Waals surface area contributed by atoms with Crippen molar-refractivity contribution in [3.63, 3.8) is 0 Å². The van der Waals surface area contributed by atoms with E-state index < -0.39 is 0 Å². The molecule has 0 aliphatic heterocycles. The summed E-state index contributed by atoms with van der Waals surface area (Å²) < 4.78 is 1.08. The molecule has 0 saturated carbocycles. The topological polar surface area (TPSA) is 15.3 Å². The van der Waals surface area contributed by atoms with Crippen molar-refractivity contribution in [1.82, 2.24) is 10.2 Å². The molecular weight excluding hydrogens is 288 g/mol. The van der Waals surface area contributed by atoms with Gasteiger partial charge in [-0.25, -0.2) is 0 Å². The monoisotopic (exact) mass is 304 g/mol. The highest BCUT2D eigenvalue weighted by atomic mass is 79.9. The van der Waals surface area contributed by atoms with Crippen LogP contribution in [0.3, 0.4) is 0 Å². The van der Waals surface area contributed by atoms with Crippen molar-refractivity contribution in [2.45, 2.75) is 13.5 Å². The minimum atomic E-state index is 0.769. The standard InChI is InChI=1S/C12H18BrClN2/c1-3-15-6-7-16(2)9-10-4-5-11(14)8-12(10)13/h4-5,8,15H,3,6-7,9H2,1-2H3. The van der Waals surface area contributed by atoms with Crippen molar-refractivity contribution < 1.29 is 0 Å². The van der Waals surface area contributed by atoms with Gasteiger partial charge in [0, 0.05) is 29.1 Å². The Balaban J connectivity index is 2.46. The predicted molar refractivity (Wildman–Crippen MR) is 74.0 cm³/mol. The van der Waals surface area contributed by atoms with Crippen molar-refractivity contribution in [3.05, 3.63) is 33.3 Å². The van der Waals surface area contributed by atoms with Crippen LogP contribution in [0.5, 0.6) is 0 Å². The molecule has 0 aliphatic rings. The van der Waals surface area contributed by atoms with Crippen molar-refractivity contribution in [2.75, 3.05) is 26.7 Å². The first-order valence-corrected chi connectivity index (χ1v) is 6.63. The van der Waals surface area contributed by atoms with Crippen LogP contribution in [-0.4, -0.2) is 31.6 Å². The average Bonchev–Trinajstić information content (AvgIpc) is 2.23. The summed E-state index contributed by atoms with van der Waals surface area (Å²) in [5.41, 5.74) is 1.27. The summed E-state index contributed by atoms with van der Waals surface area (Å²) in [5, 5.41) is 4.08. The molecule has 2 nitrogen and oxygen atoms in total. The van der Waals surface area contributed by atoms with Crippen molar-refractivity contribution in [3.8, 4) is 0 Å². The first-order valence-electron chi connectivity index (χ1n) is 5.46. The number of nitrogens with one attached hydrogen (secondary N) is 1. The Morgan fingerprint density at radius 3 is 2.81 bits per heavy atom. The lowest BCUT2D eigenvalue weighted by Crippen LogP contribution is -2.28. The van der Waals surface area contributed by atoms with E-state index in [0.717, 1.165) is 35.7 Å². The first kappa shape index (κ1) is 14.0. The summed E-state index contributed by atoms with van der Waals surface area (Å²) >= 11 is 9.43. The molecule has 0 saturated heterocycles. The van der Waals surface area contributed by atoms with Gasteiger partial charge in [-0.15, -0.1) is 0 Å². The lowest BCUT2D eigenvalue weighted by atomic mass is 10.2. The smallest absolute Gasteiger partial charge is 0.0417 e. The number of halogens is 2. The van der Waals surface area contributed by atoms with E-state index in [2.05, 4.69) is 46.2 Å². The third-order valence-corrected chi connectivity index (χ3v) is 3.35. The van der Waals surface area contributed by atoms with E-state index in [9.17, 15) is 0 Å². The molecule has 0 aromatic heterocycles. The van der Waals surface area contributed by atoms with Gasteiger partial charge in [0.2, 0.25) is 0 Å². The van der Waals surface area contributed by atoms with Gasteiger partial charge in [-0.2, -0.15) is 0 Å². The molecule has 0 amide bonds. The molecule has 0 fully saturated rings. The maximum Gasteiger partial charge on any atom is 0.0417 e. The number of nitrogens with zero attached hydrogens (tertiary/aromatic N) is 1. The van der Waals surface area contributed by atoms with Gasteiger partial charge in [0.1, 0.15) is 0 Å². The van der Waals surface area contributed by atoms with E-state index in [1.165, 1.54) is 5.56 Å². The molecule has 1 aromatic carbocycles. The Labute approximate surface area is 111 Å². The fourth-order valence-corrected chi connectivity index (χ4v) is 2.27. The normalized spacial score (nSPS) is 11.1. The molecule has 16 heavy (non-hydrogen) atoms. The molecule has 0 heterocycles. The quantitative estimate of drug-likeness (QED) is 0.812. The third-order valence-electron chi connectivity index (χ3n) is 2.38. The fraction of sp³-hybridized carbons (Fsp3) is 0.500. The van der Waals surface area contributed by atoms with Gasteiger partial charge >= 0.3 is 0 Å². The average molecular weight is 306 g/mol. The van der Waals surface area contributed by atoms with Crippen molar-refractivity contribution >= 4 is 27.5 Å². The Morgan fingerprint density at radius 1 is 1.44 bits per heavy atom. The van der Waals surface area contributed by atoms with E-state index in [1.54, 1.807) is 0 Å². The summed E-state index contributed by atoms with van der Waals surface area (Å²) in [6.07, 6.45) is 0. The van der Waals surface area contributed by atoms with Gasteiger partial charge in [0.15, 0.2) is 0 Å². The fourth-order valence-electron chi connectivity index (χ4n) is 1.47. The molecule has 1 N–H and O–H groups in total. The molecule has 1 rings (SSSR count). The third kappa shape index (κ3) is 4.83. The summed E-state index contributed by atoms with van der Waals surface area (Å²) in [7, 11) is 2.12. The molecule has 0 unspecified atom stereocenters. The summed E-state index contributed by atoms with van der Waals surface area (Å²) in [5.74, 6) is 0. The largest absolute Gasteiger partial charge is 0.316 e. The Morgan fingerprint density at radius 2 is 2.19 bits per heavy atom. The van der Waals surface area contributed by atoms with E-state index >= 15 is 0 Å². The molecular formula is C12H18BrClN2. The Kier molecular flexibility index (Phi) is 6.36. The van der Waals surface area contributed by atoms with Crippen LogP contribution in [0.2, 0.25) is 5.02 Å². The van der Waals surface area contributed by atoms with E-state index in [-0.39, 0.29) is 0 Å². The van der Waals surface area contributed by atoms with Gasteiger partial charge in [-0.1, -0.05) is 40.5 Å². The molecule has 0 bridgehead atoms. The lowest BCUT2D eigenvalue weighted by Gasteiger charge is -2.17. The maximum absolute atomic E-state index is 5.90. The molecule has 0 radical (unpaired) electrons. The summed E-state index contributed by atoms with van der Waals surface area (Å²) in [6, 6.07) is 5.94. The molecule has 90 valence electrons. The Bertz CT molecular complexity index is 331. The second kappa shape index (κ2) is 7.28. The van der Waals surface area contributed by atoms with Crippen LogP contribution in [-0.2, 0) is 6.54 Å². The van der Waals surface area contributed by atoms with Crippen LogP contribution >= 0.6 is 27.5 Å². The molecule has 4 heteroatoms. The highest BCUT2D eigenvalue weighted by molar-refractivity contribution is 9.10. The van der Waals surface area contributed by atoms with Gasteiger partial charge in [0.25, 0.3) is 0 Å². The second-order valence-corrected chi connectivity index (χ2v) is 5.12. The predicted octanol–water partition coefficient (Wildman–Crippen LogP) is 3.14. The minimum absolute atomic E-state index is 0.769. The zero-order chi connectivity index (χ0) is 12.0. The molecule has 1 aromatic rings. The zero-order valence-electron chi connectivity index (χ0n) is 9.76. The number of hydrogen-bond acceptors (Lipinski definition) is 2. The summed E-state index contributed by atoms with van der Waals surface area (Å²) in [4.78, 5) is 2.29. The van der Waals surface area contributed by atoms with Gasteiger partial charge < -0.3 is 10.2 Å². The number of rotatable bonds is 6. The molecule has 0 spiro atoms. The van der Waals surface area contributed by atoms with Crippen LogP contribution in [0, 0.1) is 0 Å². The first-order chi connectivity index (χ1) is 7.63.